The largest absolute Gasteiger partial charge is 0.391 e. The summed E-state index contributed by atoms with van der Waals surface area (Å²) in [4.78, 5) is 34.3. The zero-order valence-corrected chi connectivity index (χ0v) is 21.6. The molecule has 0 radical (unpaired) electrons. The third-order valence-corrected chi connectivity index (χ3v) is 7.57. The zero-order chi connectivity index (χ0) is 26.7. The van der Waals surface area contributed by atoms with E-state index < -0.39 is 24.3 Å². The van der Waals surface area contributed by atoms with Crippen molar-refractivity contribution in [2.24, 2.45) is 11.8 Å². The SMILES string of the molecule is CC[C@@H](C)CCc1ccc(NC(=O)N2c3nc(C(=O)C[C@H](C)C(F)(F)F)ccc3N3CCC[C@H]2C3)cc1. The van der Waals surface area contributed by atoms with Gasteiger partial charge in [-0.1, -0.05) is 39.3 Å². The minimum Gasteiger partial charge on any atom is -0.366 e. The van der Waals surface area contributed by atoms with Crippen LogP contribution in [0.5, 0.6) is 0 Å². The van der Waals surface area contributed by atoms with Crippen LogP contribution < -0.4 is 15.1 Å². The number of urea groups is 1. The van der Waals surface area contributed by atoms with Crippen molar-refractivity contribution in [2.45, 2.75) is 71.5 Å². The molecule has 0 saturated carbocycles. The molecule has 2 aliphatic heterocycles. The van der Waals surface area contributed by atoms with Crippen LogP contribution in [0.25, 0.3) is 0 Å². The Balaban J connectivity index is 1.54. The van der Waals surface area contributed by atoms with Crippen molar-refractivity contribution < 1.29 is 22.8 Å². The lowest BCUT2D eigenvalue weighted by Crippen LogP contribution is -2.56. The first-order valence-corrected chi connectivity index (χ1v) is 13.1. The third kappa shape index (κ3) is 6.25. The smallest absolute Gasteiger partial charge is 0.366 e. The van der Waals surface area contributed by atoms with Crippen molar-refractivity contribution in [2.75, 3.05) is 28.2 Å². The lowest BCUT2D eigenvalue weighted by Gasteiger charge is -2.45. The first-order chi connectivity index (χ1) is 17.6. The van der Waals surface area contributed by atoms with Gasteiger partial charge in [0.2, 0.25) is 0 Å². The monoisotopic (exact) mass is 516 g/mol. The second-order valence-corrected chi connectivity index (χ2v) is 10.4. The molecule has 9 heteroatoms. The van der Waals surface area contributed by atoms with Gasteiger partial charge in [0.15, 0.2) is 11.6 Å². The maximum atomic E-state index is 13.5. The van der Waals surface area contributed by atoms with Crippen LogP contribution in [-0.4, -0.2) is 42.1 Å². The van der Waals surface area contributed by atoms with Crippen LogP contribution in [0.4, 0.5) is 35.2 Å². The molecular formula is C28H35F3N4O2. The number of ketones is 1. The Labute approximate surface area is 216 Å². The van der Waals surface area contributed by atoms with Gasteiger partial charge in [-0.2, -0.15) is 13.2 Å². The highest BCUT2D eigenvalue weighted by molar-refractivity contribution is 6.05. The lowest BCUT2D eigenvalue weighted by atomic mass is 9.98. The molecule has 200 valence electrons. The molecule has 37 heavy (non-hydrogen) atoms. The first kappa shape index (κ1) is 26.9. The summed E-state index contributed by atoms with van der Waals surface area (Å²) >= 11 is 0. The van der Waals surface area contributed by atoms with E-state index in [4.69, 9.17) is 0 Å². The van der Waals surface area contributed by atoms with Crippen LogP contribution >= 0.6 is 0 Å². The molecule has 0 aliphatic carbocycles. The minimum absolute atomic E-state index is 0.0560. The molecule has 3 atom stereocenters. The van der Waals surface area contributed by atoms with E-state index in [1.165, 1.54) is 11.6 Å². The quantitative estimate of drug-likeness (QED) is 0.390. The standard InChI is InChI=1S/C28H35F3N4O2/c1-4-18(2)7-8-20-9-11-21(12-10-20)32-27(37)35-22-6-5-15-34(17-22)24-14-13-23(33-26(24)35)25(36)16-19(3)28(29,30)31/h9-14,18-19,22H,4-8,15-17H2,1-3H3,(H,32,37)/t18-,19+,22+/m1/s1. The number of aromatic nitrogens is 1. The van der Waals surface area contributed by atoms with Crippen molar-refractivity contribution in [3.8, 4) is 0 Å². The normalized spacial score (nSPS) is 18.7. The summed E-state index contributed by atoms with van der Waals surface area (Å²) in [6, 6.07) is 10.5. The fraction of sp³-hybridized carbons (Fsp3) is 0.536. The number of aryl methyl sites for hydroxylation is 1. The number of rotatable bonds is 8. The Hall–Kier alpha value is -3.10. The van der Waals surface area contributed by atoms with E-state index in [0.717, 1.165) is 45.6 Å². The number of Topliss-reactive ketones (excluding diaryl/α,β-unsaturated/α-hetero) is 1. The van der Waals surface area contributed by atoms with E-state index in [1.54, 1.807) is 11.0 Å². The number of halogens is 3. The molecule has 2 bridgehead atoms. The van der Waals surface area contributed by atoms with Crippen molar-refractivity contribution in [3.63, 3.8) is 0 Å². The number of hydrogen-bond donors (Lipinski definition) is 1. The topological polar surface area (TPSA) is 65.5 Å². The molecule has 3 heterocycles. The van der Waals surface area contributed by atoms with Gasteiger partial charge < -0.3 is 10.2 Å². The summed E-state index contributed by atoms with van der Waals surface area (Å²) in [5.74, 6) is -1.47. The Morgan fingerprint density at radius 2 is 1.86 bits per heavy atom. The Morgan fingerprint density at radius 1 is 1.14 bits per heavy atom. The van der Waals surface area contributed by atoms with Gasteiger partial charge in [0, 0.05) is 25.2 Å². The molecule has 0 unspecified atom stereocenters. The Morgan fingerprint density at radius 3 is 2.54 bits per heavy atom. The van der Waals surface area contributed by atoms with Crippen molar-refractivity contribution in [3.05, 3.63) is 47.7 Å². The molecule has 4 rings (SSSR count). The van der Waals surface area contributed by atoms with E-state index in [9.17, 15) is 22.8 Å². The van der Waals surface area contributed by atoms with Crippen LogP contribution in [0.1, 0.15) is 68.9 Å². The van der Waals surface area contributed by atoms with E-state index in [0.29, 0.717) is 29.7 Å². The first-order valence-electron chi connectivity index (χ1n) is 13.1. The van der Waals surface area contributed by atoms with Crippen molar-refractivity contribution in [1.29, 1.82) is 0 Å². The highest BCUT2D eigenvalue weighted by atomic mass is 19.4. The van der Waals surface area contributed by atoms with Gasteiger partial charge in [0.05, 0.1) is 17.6 Å². The summed E-state index contributed by atoms with van der Waals surface area (Å²) in [6.45, 7) is 6.86. The van der Waals surface area contributed by atoms with Crippen LogP contribution in [0.3, 0.4) is 0 Å². The highest BCUT2D eigenvalue weighted by Crippen LogP contribution is 2.39. The molecule has 0 spiro atoms. The van der Waals surface area contributed by atoms with Gasteiger partial charge in [0.1, 0.15) is 5.69 Å². The third-order valence-electron chi connectivity index (χ3n) is 7.57. The number of nitrogens with zero attached hydrogens (tertiary/aromatic N) is 3. The maximum Gasteiger partial charge on any atom is 0.391 e. The van der Waals surface area contributed by atoms with E-state index in [-0.39, 0.29) is 17.8 Å². The van der Waals surface area contributed by atoms with Gasteiger partial charge in [-0.3, -0.25) is 9.69 Å². The number of carbonyl (C=O) groups is 2. The highest BCUT2D eigenvalue weighted by Gasteiger charge is 2.40. The molecule has 1 aromatic carbocycles. The van der Waals surface area contributed by atoms with Gasteiger partial charge >= 0.3 is 12.2 Å². The average Bonchev–Trinajstić information content (AvgIpc) is 2.87. The van der Waals surface area contributed by atoms with Crippen LogP contribution in [-0.2, 0) is 6.42 Å². The van der Waals surface area contributed by atoms with Gasteiger partial charge in [-0.05, 0) is 61.4 Å². The molecular weight excluding hydrogens is 481 g/mol. The van der Waals surface area contributed by atoms with Crippen molar-refractivity contribution in [1.82, 2.24) is 4.98 Å². The number of benzene rings is 1. The molecule has 6 nitrogen and oxygen atoms in total. The molecule has 1 aromatic heterocycles. The fourth-order valence-corrected chi connectivity index (χ4v) is 4.89. The number of alkyl halides is 3. The Kier molecular flexibility index (Phi) is 8.09. The van der Waals surface area contributed by atoms with E-state index in [1.807, 2.05) is 24.3 Å². The number of piperidine rings is 1. The number of hydrogen-bond acceptors (Lipinski definition) is 4. The zero-order valence-electron chi connectivity index (χ0n) is 21.6. The molecule has 2 aromatic rings. The molecule has 2 aliphatic rings. The minimum atomic E-state index is -4.46. The number of carbonyl (C=O) groups excluding carboxylic acids is 2. The molecule has 1 saturated heterocycles. The van der Waals surface area contributed by atoms with Crippen LogP contribution in [0.2, 0.25) is 0 Å². The summed E-state index contributed by atoms with van der Waals surface area (Å²) in [6.07, 6.45) is -0.216. The van der Waals surface area contributed by atoms with Crippen molar-refractivity contribution >= 4 is 29.0 Å². The Bertz CT molecular complexity index is 1120. The summed E-state index contributed by atoms with van der Waals surface area (Å²) in [5.41, 5.74) is 2.53. The predicted octanol–water partition coefficient (Wildman–Crippen LogP) is 6.85. The van der Waals surface area contributed by atoms with Gasteiger partial charge in [-0.15, -0.1) is 0 Å². The average molecular weight is 517 g/mol. The summed E-state index contributed by atoms with van der Waals surface area (Å²) in [7, 11) is 0. The summed E-state index contributed by atoms with van der Waals surface area (Å²) in [5, 5.41) is 2.95. The van der Waals surface area contributed by atoms with E-state index >= 15 is 0 Å². The molecule has 1 N–H and O–H groups in total. The molecule has 2 amide bonds. The van der Waals surface area contributed by atoms with Crippen LogP contribution in [0.15, 0.2) is 36.4 Å². The second kappa shape index (κ2) is 11.1. The van der Waals surface area contributed by atoms with Gasteiger partial charge in [0.25, 0.3) is 0 Å². The van der Waals surface area contributed by atoms with E-state index in [2.05, 4.69) is 29.0 Å². The summed E-state index contributed by atoms with van der Waals surface area (Å²) < 4.78 is 39.0. The van der Waals surface area contributed by atoms with Crippen LogP contribution in [0, 0.1) is 11.8 Å². The predicted molar refractivity (Wildman–Crippen MR) is 139 cm³/mol. The maximum absolute atomic E-state index is 13.5. The van der Waals surface area contributed by atoms with Gasteiger partial charge in [-0.25, -0.2) is 9.78 Å². The lowest BCUT2D eigenvalue weighted by molar-refractivity contribution is -0.168. The number of fused-ring (bicyclic) bond motifs is 4. The fourth-order valence-electron chi connectivity index (χ4n) is 4.89. The number of pyridine rings is 1. The molecule has 1 fully saturated rings. The number of amides is 2. The number of anilines is 3. The number of nitrogens with one attached hydrogen (secondary N) is 1. The second-order valence-electron chi connectivity index (χ2n) is 10.4.